The molecule has 1 aliphatic rings. The highest BCUT2D eigenvalue weighted by atomic mass is 16.5. The summed E-state index contributed by atoms with van der Waals surface area (Å²) >= 11 is 0. The van der Waals surface area contributed by atoms with Crippen molar-refractivity contribution >= 4 is 11.8 Å². The van der Waals surface area contributed by atoms with E-state index < -0.39 is 5.54 Å². The highest BCUT2D eigenvalue weighted by Gasteiger charge is 2.29. The summed E-state index contributed by atoms with van der Waals surface area (Å²) in [6.07, 6.45) is 1.38. The number of nitrogens with two attached hydrogens (primary N) is 1. The minimum atomic E-state index is -0.711. The molecule has 0 atom stereocenters. The SMILES string of the molecule is CC(C)(N)c1noc(CN2C(=O)CCCC2=O)n1. The fourth-order valence-corrected chi connectivity index (χ4v) is 1.69. The number of carbonyl (C=O) groups excluding carboxylic acids is 2. The normalized spacial score (nSPS) is 17.4. The third-order valence-electron chi connectivity index (χ3n) is 2.72. The zero-order valence-electron chi connectivity index (χ0n) is 10.5. The summed E-state index contributed by atoms with van der Waals surface area (Å²) < 4.78 is 5.00. The number of likely N-dealkylation sites (tertiary alicyclic amines) is 1. The van der Waals surface area contributed by atoms with Gasteiger partial charge in [0.15, 0.2) is 5.82 Å². The van der Waals surface area contributed by atoms with E-state index >= 15 is 0 Å². The topological polar surface area (TPSA) is 102 Å². The van der Waals surface area contributed by atoms with E-state index in [1.807, 2.05) is 0 Å². The van der Waals surface area contributed by atoms with Crippen molar-refractivity contribution < 1.29 is 14.1 Å². The Kier molecular flexibility index (Phi) is 3.16. The van der Waals surface area contributed by atoms with Crippen LogP contribution in [0.2, 0.25) is 0 Å². The number of rotatable bonds is 3. The maximum absolute atomic E-state index is 11.6. The third kappa shape index (κ3) is 2.56. The molecule has 0 unspecified atom stereocenters. The van der Waals surface area contributed by atoms with Crippen LogP contribution < -0.4 is 5.73 Å². The molecular weight excluding hydrogens is 236 g/mol. The van der Waals surface area contributed by atoms with E-state index in [0.717, 1.165) is 4.90 Å². The van der Waals surface area contributed by atoms with E-state index in [-0.39, 0.29) is 24.2 Å². The molecule has 0 aliphatic carbocycles. The molecule has 1 aromatic rings. The molecule has 2 amide bonds. The van der Waals surface area contributed by atoms with Crippen molar-refractivity contribution in [3.63, 3.8) is 0 Å². The van der Waals surface area contributed by atoms with Crippen molar-refractivity contribution in [2.24, 2.45) is 5.73 Å². The van der Waals surface area contributed by atoms with Gasteiger partial charge in [0.05, 0.1) is 5.54 Å². The number of aromatic nitrogens is 2. The van der Waals surface area contributed by atoms with Gasteiger partial charge in [0.25, 0.3) is 0 Å². The van der Waals surface area contributed by atoms with E-state index in [9.17, 15) is 9.59 Å². The molecule has 1 aliphatic heterocycles. The predicted molar refractivity (Wildman–Crippen MR) is 60.9 cm³/mol. The average molecular weight is 252 g/mol. The van der Waals surface area contributed by atoms with E-state index in [1.165, 1.54) is 0 Å². The number of imide groups is 1. The fourth-order valence-electron chi connectivity index (χ4n) is 1.69. The largest absolute Gasteiger partial charge is 0.337 e. The smallest absolute Gasteiger partial charge is 0.246 e. The summed E-state index contributed by atoms with van der Waals surface area (Å²) in [5.41, 5.74) is 5.11. The first-order valence-corrected chi connectivity index (χ1v) is 5.83. The second-order valence-electron chi connectivity index (χ2n) is 4.96. The molecule has 7 heteroatoms. The van der Waals surface area contributed by atoms with Crippen LogP contribution in [-0.4, -0.2) is 26.9 Å². The molecule has 2 heterocycles. The summed E-state index contributed by atoms with van der Waals surface area (Å²) in [5.74, 6) is 0.192. The summed E-state index contributed by atoms with van der Waals surface area (Å²) in [7, 11) is 0. The maximum atomic E-state index is 11.6. The number of nitrogens with zero attached hydrogens (tertiary/aromatic N) is 3. The van der Waals surface area contributed by atoms with Gasteiger partial charge >= 0.3 is 0 Å². The molecular formula is C11H16N4O3. The van der Waals surface area contributed by atoms with Crippen LogP contribution in [0.5, 0.6) is 0 Å². The Morgan fingerprint density at radius 2 is 1.94 bits per heavy atom. The van der Waals surface area contributed by atoms with Crippen molar-refractivity contribution in [1.29, 1.82) is 0 Å². The minimum Gasteiger partial charge on any atom is -0.337 e. The van der Waals surface area contributed by atoms with E-state index in [0.29, 0.717) is 25.1 Å². The monoisotopic (exact) mass is 252 g/mol. The van der Waals surface area contributed by atoms with Crippen LogP contribution in [0.25, 0.3) is 0 Å². The van der Waals surface area contributed by atoms with Crippen molar-refractivity contribution in [1.82, 2.24) is 15.0 Å². The van der Waals surface area contributed by atoms with Crippen molar-refractivity contribution in [3.05, 3.63) is 11.7 Å². The predicted octanol–water partition coefficient (Wildman–Crippen LogP) is 0.302. The van der Waals surface area contributed by atoms with Gasteiger partial charge in [-0.25, -0.2) is 0 Å². The highest BCUT2D eigenvalue weighted by molar-refractivity contribution is 5.97. The molecule has 1 fully saturated rings. The van der Waals surface area contributed by atoms with Gasteiger partial charge in [-0.05, 0) is 20.3 Å². The number of hydrogen-bond donors (Lipinski definition) is 1. The molecule has 0 radical (unpaired) electrons. The van der Waals surface area contributed by atoms with E-state index in [2.05, 4.69) is 10.1 Å². The maximum Gasteiger partial charge on any atom is 0.246 e. The summed E-state index contributed by atoms with van der Waals surface area (Å²) in [5, 5.41) is 3.74. The molecule has 18 heavy (non-hydrogen) atoms. The van der Waals surface area contributed by atoms with Gasteiger partial charge in [-0.15, -0.1) is 0 Å². The van der Waals surface area contributed by atoms with E-state index in [4.69, 9.17) is 10.3 Å². The first kappa shape index (κ1) is 12.7. The molecule has 0 aromatic carbocycles. The first-order chi connectivity index (χ1) is 8.38. The zero-order chi connectivity index (χ0) is 13.3. The second kappa shape index (κ2) is 4.49. The molecule has 0 bridgehead atoms. The molecule has 7 nitrogen and oxygen atoms in total. The Morgan fingerprint density at radius 3 is 2.44 bits per heavy atom. The molecule has 2 rings (SSSR count). The van der Waals surface area contributed by atoms with Gasteiger partial charge < -0.3 is 10.3 Å². The van der Waals surface area contributed by atoms with Crippen LogP contribution in [0, 0.1) is 0 Å². The summed E-state index contributed by atoms with van der Waals surface area (Å²) in [6.45, 7) is 3.53. The van der Waals surface area contributed by atoms with Gasteiger partial charge in [-0.3, -0.25) is 14.5 Å². The van der Waals surface area contributed by atoms with Crippen LogP contribution in [0.3, 0.4) is 0 Å². The Bertz CT molecular complexity index is 459. The summed E-state index contributed by atoms with van der Waals surface area (Å²) in [6, 6.07) is 0. The van der Waals surface area contributed by atoms with Crippen LogP contribution in [0.1, 0.15) is 44.8 Å². The van der Waals surface area contributed by atoms with Gasteiger partial charge in [0.2, 0.25) is 17.7 Å². The van der Waals surface area contributed by atoms with Gasteiger partial charge in [-0.1, -0.05) is 5.16 Å². The van der Waals surface area contributed by atoms with Gasteiger partial charge in [0.1, 0.15) is 6.54 Å². The fraction of sp³-hybridized carbons (Fsp3) is 0.636. The van der Waals surface area contributed by atoms with Crippen LogP contribution >= 0.6 is 0 Å². The lowest BCUT2D eigenvalue weighted by Gasteiger charge is -2.22. The average Bonchev–Trinajstić information content (AvgIpc) is 2.72. The quantitative estimate of drug-likeness (QED) is 0.776. The van der Waals surface area contributed by atoms with Gasteiger partial charge in [-0.2, -0.15) is 4.98 Å². The number of hydrogen-bond acceptors (Lipinski definition) is 6. The number of piperidine rings is 1. The summed E-state index contributed by atoms with van der Waals surface area (Å²) in [4.78, 5) is 28.5. The third-order valence-corrected chi connectivity index (χ3v) is 2.72. The minimum absolute atomic E-state index is 0.0285. The lowest BCUT2D eigenvalue weighted by Crippen LogP contribution is -2.39. The van der Waals surface area contributed by atoms with Gasteiger partial charge in [0, 0.05) is 12.8 Å². The lowest BCUT2D eigenvalue weighted by atomic mass is 10.1. The highest BCUT2D eigenvalue weighted by Crippen LogP contribution is 2.17. The van der Waals surface area contributed by atoms with Crippen LogP contribution in [0.4, 0.5) is 0 Å². The molecule has 1 aromatic heterocycles. The Labute approximate surface area is 104 Å². The van der Waals surface area contributed by atoms with Crippen molar-refractivity contribution in [2.45, 2.75) is 45.2 Å². The standard InChI is InChI=1S/C11H16N4O3/c1-11(2,12)10-13-7(18-14-10)6-15-8(16)4-3-5-9(15)17/h3-6,12H2,1-2H3. The molecule has 0 saturated carbocycles. The van der Waals surface area contributed by atoms with E-state index in [1.54, 1.807) is 13.8 Å². The van der Waals surface area contributed by atoms with Crippen LogP contribution in [0.15, 0.2) is 4.52 Å². The van der Waals surface area contributed by atoms with Crippen molar-refractivity contribution in [2.75, 3.05) is 0 Å². The molecule has 0 spiro atoms. The first-order valence-electron chi connectivity index (χ1n) is 5.83. The zero-order valence-corrected chi connectivity index (χ0v) is 10.5. The Morgan fingerprint density at radius 1 is 1.33 bits per heavy atom. The molecule has 2 N–H and O–H groups in total. The Balaban J connectivity index is 2.11. The Hall–Kier alpha value is -1.76. The second-order valence-corrected chi connectivity index (χ2v) is 4.96. The van der Waals surface area contributed by atoms with Crippen molar-refractivity contribution in [3.8, 4) is 0 Å². The van der Waals surface area contributed by atoms with Crippen LogP contribution in [-0.2, 0) is 21.7 Å². The number of amides is 2. The molecule has 98 valence electrons. The number of carbonyl (C=O) groups is 2. The molecule has 1 saturated heterocycles. The lowest BCUT2D eigenvalue weighted by molar-refractivity contribution is -0.149.